The maximum absolute atomic E-state index is 5.32. The SMILES string of the molecule is CCCC1CN(Cc2cccc(OC)c2)C(C)(C)CN1. The fourth-order valence-corrected chi connectivity index (χ4v) is 2.90. The molecule has 0 spiro atoms. The first-order valence-corrected chi connectivity index (χ1v) is 7.66. The van der Waals surface area contributed by atoms with Crippen LogP contribution >= 0.6 is 0 Å². The number of hydrogen-bond donors (Lipinski definition) is 1. The van der Waals surface area contributed by atoms with E-state index in [1.807, 2.05) is 6.07 Å². The molecular formula is C17H28N2O. The second kappa shape index (κ2) is 6.59. The molecular weight excluding hydrogens is 248 g/mol. The summed E-state index contributed by atoms with van der Waals surface area (Å²) in [6.45, 7) is 10.1. The lowest BCUT2D eigenvalue weighted by Gasteiger charge is -2.46. The van der Waals surface area contributed by atoms with E-state index in [4.69, 9.17) is 4.74 Å². The molecule has 1 aliphatic rings. The van der Waals surface area contributed by atoms with Crippen LogP contribution in [0.4, 0.5) is 0 Å². The van der Waals surface area contributed by atoms with Gasteiger partial charge in [-0.05, 0) is 38.0 Å². The number of methoxy groups -OCH3 is 1. The van der Waals surface area contributed by atoms with Crippen LogP contribution in [0.1, 0.15) is 39.2 Å². The fraction of sp³-hybridized carbons (Fsp3) is 0.647. The summed E-state index contributed by atoms with van der Waals surface area (Å²) in [7, 11) is 1.73. The molecule has 0 bridgehead atoms. The van der Waals surface area contributed by atoms with E-state index < -0.39 is 0 Å². The van der Waals surface area contributed by atoms with Gasteiger partial charge < -0.3 is 10.1 Å². The van der Waals surface area contributed by atoms with Crippen LogP contribution in [0.2, 0.25) is 0 Å². The quantitative estimate of drug-likeness (QED) is 0.894. The number of benzene rings is 1. The van der Waals surface area contributed by atoms with Crippen molar-refractivity contribution in [3.63, 3.8) is 0 Å². The molecule has 1 heterocycles. The Morgan fingerprint density at radius 2 is 2.20 bits per heavy atom. The molecule has 1 atom stereocenters. The highest BCUT2D eigenvalue weighted by Gasteiger charge is 2.33. The third-order valence-electron chi connectivity index (χ3n) is 4.26. The normalized spacial score (nSPS) is 22.7. The minimum Gasteiger partial charge on any atom is -0.497 e. The van der Waals surface area contributed by atoms with Gasteiger partial charge in [-0.1, -0.05) is 25.5 Å². The van der Waals surface area contributed by atoms with Gasteiger partial charge in [0.15, 0.2) is 0 Å². The Balaban J connectivity index is 2.07. The summed E-state index contributed by atoms with van der Waals surface area (Å²) in [6, 6.07) is 9.04. The van der Waals surface area contributed by atoms with Crippen LogP contribution in [0.5, 0.6) is 5.75 Å². The van der Waals surface area contributed by atoms with Crippen LogP contribution < -0.4 is 10.1 Å². The molecule has 20 heavy (non-hydrogen) atoms. The van der Waals surface area contributed by atoms with Crippen LogP contribution in [0.3, 0.4) is 0 Å². The largest absolute Gasteiger partial charge is 0.497 e. The van der Waals surface area contributed by atoms with Gasteiger partial charge in [-0.15, -0.1) is 0 Å². The number of ether oxygens (including phenoxy) is 1. The lowest BCUT2D eigenvalue weighted by atomic mass is 9.95. The number of nitrogens with one attached hydrogen (secondary N) is 1. The number of nitrogens with zero attached hydrogens (tertiary/aromatic N) is 1. The van der Waals surface area contributed by atoms with Crippen LogP contribution in [0.15, 0.2) is 24.3 Å². The first kappa shape index (κ1) is 15.3. The lowest BCUT2D eigenvalue weighted by molar-refractivity contribution is 0.0563. The van der Waals surface area contributed by atoms with E-state index in [9.17, 15) is 0 Å². The number of piperazine rings is 1. The highest BCUT2D eigenvalue weighted by Crippen LogP contribution is 2.24. The molecule has 1 saturated heterocycles. The predicted molar refractivity (Wildman–Crippen MR) is 84.2 cm³/mol. The summed E-state index contributed by atoms with van der Waals surface area (Å²) in [6.07, 6.45) is 2.50. The van der Waals surface area contributed by atoms with E-state index in [2.05, 4.69) is 49.2 Å². The average molecular weight is 276 g/mol. The molecule has 1 N–H and O–H groups in total. The van der Waals surface area contributed by atoms with E-state index in [0.717, 1.165) is 25.4 Å². The van der Waals surface area contributed by atoms with Crippen molar-refractivity contribution < 1.29 is 4.74 Å². The van der Waals surface area contributed by atoms with E-state index in [1.54, 1.807) is 7.11 Å². The molecule has 3 heteroatoms. The van der Waals surface area contributed by atoms with Crippen molar-refractivity contribution in [2.24, 2.45) is 0 Å². The molecule has 1 fully saturated rings. The third kappa shape index (κ3) is 3.74. The zero-order chi connectivity index (χ0) is 14.6. The topological polar surface area (TPSA) is 24.5 Å². The summed E-state index contributed by atoms with van der Waals surface area (Å²) in [5, 5.41) is 3.68. The van der Waals surface area contributed by atoms with Gasteiger partial charge in [-0.3, -0.25) is 4.90 Å². The Labute approximate surface area is 123 Å². The second-order valence-electron chi connectivity index (χ2n) is 6.41. The van der Waals surface area contributed by atoms with Crippen molar-refractivity contribution in [2.45, 2.75) is 51.7 Å². The molecule has 0 aliphatic carbocycles. The van der Waals surface area contributed by atoms with Crippen LogP contribution in [0, 0.1) is 0 Å². The van der Waals surface area contributed by atoms with Gasteiger partial charge in [-0.25, -0.2) is 0 Å². The molecule has 0 aromatic heterocycles. The molecule has 1 aromatic carbocycles. The highest BCUT2D eigenvalue weighted by molar-refractivity contribution is 5.28. The van der Waals surface area contributed by atoms with Gasteiger partial charge in [-0.2, -0.15) is 0 Å². The zero-order valence-corrected chi connectivity index (χ0v) is 13.3. The van der Waals surface area contributed by atoms with Crippen LogP contribution in [0.25, 0.3) is 0 Å². The first-order valence-electron chi connectivity index (χ1n) is 7.66. The Morgan fingerprint density at radius 1 is 1.40 bits per heavy atom. The van der Waals surface area contributed by atoms with Crippen molar-refractivity contribution in [3.8, 4) is 5.75 Å². The molecule has 0 amide bonds. The van der Waals surface area contributed by atoms with E-state index >= 15 is 0 Å². The Morgan fingerprint density at radius 3 is 2.90 bits per heavy atom. The van der Waals surface area contributed by atoms with E-state index in [-0.39, 0.29) is 5.54 Å². The summed E-state index contributed by atoms with van der Waals surface area (Å²) in [5.74, 6) is 0.945. The third-order valence-corrected chi connectivity index (χ3v) is 4.26. The molecule has 0 saturated carbocycles. The molecule has 1 aliphatic heterocycles. The maximum atomic E-state index is 5.32. The monoisotopic (exact) mass is 276 g/mol. The van der Waals surface area contributed by atoms with Gasteiger partial charge in [0.25, 0.3) is 0 Å². The highest BCUT2D eigenvalue weighted by atomic mass is 16.5. The summed E-state index contributed by atoms with van der Waals surface area (Å²) in [5.41, 5.74) is 1.53. The first-order chi connectivity index (χ1) is 9.55. The average Bonchev–Trinajstić information content (AvgIpc) is 2.43. The number of rotatable bonds is 5. The Bertz CT molecular complexity index is 431. The molecule has 1 unspecified atom stereocenters. The van der Waals surface area contributed by atoms with Crippen LogP contribution in [-0.4, -0.2) is 36.7 Å². The van der Waals surface area contributed by atoms with Crippen molar-refractivity contribution in [1.29, 1.82) is 0 Å². The van der Waals surface area contributed by atoms with E-state index in [1.165, 1.54) is 18.4 Å². The molecule has 2 rings (SSSR count). The standard InChI is InChI=1S/C17H28N2O/c1-5-7-15-12-19(17(2,3)13-18-15)11-14-8-6-9-16(10-14)20-4/h6,8-10,15,18H,5,7,11-13H2,1-4H3. The minimum absolute atomic E-state index is 0.202. The molecule has 0 radical (unpaired) electrons. The molecule has 112 valence electrons. The van der Waals surface area contributed by atoms with Gasteiger partial charge >= 0.3 is 0 Å². The van der Waals surface area contributed by atoms with Gasteiger partial charge in [0.05, 0.1) is 7.11 Å². The Hall–Kier alpha value is -1.06. The van der Waals surface area contributed by atoms with Crippen LogP contribution in [-0.2, 0) is 6.54 Å². The minimum atomic E-state index is 0.202. The van der Waals surface area contributed by atoms with E-state index in [0.29, 0.717) is 6.04 Å². The molecule has 1 aromatic rings. The van der Waals surface area contributed by atoms with Crippen molar-refractivity contribution in [1.82, 2.24) is 10.2 Å². The second-order valence-corrected chi connectivity index (χ2v) is 6.41. The zero-order valence-electron chi connectivity index (χ0n) is 13.3. The summed E-state index contributed by atoms with van der Waals surface area (Å²) >= 11 is 0. The Kier molecular flexibility index (Phi) is 5.06. The smallest absolute Gasteiger partial charge is 0.119 e. The molecule has 3 nitrogen and oxygen atoms in total. The summed E-state index contributed by atoms with van der Waals surface area (Å²) in [4.78, 5) is 2.60. The van der Waals surface area contributed by atoms with Crippen molar-refractivity contribution in [2.75, 3.05) is 20.2 Å². The van der Waals surface area contributed by atoms with Crippen molar-refractivity contribution in [3.05, 3.63) is 29.8 Å². The fourth-order valence-electron chi connectivity index (χ4n) is 2.90. The predicted octanol–water partition coefficient (Wildman–Crippen LogP) is 3.05. The van der Waals surface area contributed by atoms with Gasteiger partial charge in [0.2, 0.25) is 0 Å². The number of hydrogen-bond acceptors (Lipinski definition) is 3. The van der Waals surface area contributed by atoms with Crippen molar-refractivity contribution >= 4 is 0 Å². The lowest BCUT2D eigenvalue weighted by Crippen LogP contribution is -2.61. The van der Waals surface area contributed by atoms with Gasteiger partial charge in [0.1, 0.15) is 5.75 Å². The summed E-state index contributed by atoms with van der Waals surface area (Å²) < 4.78 is 5.32. The van der Waals surface area contributed by atoms with Gasteiger partial charge in [0, 0.05) is 31.2 Å². The maximum Gasteiger partial charge on any atom is 0.119 e.